The number of rotatable bonds is 4. The van der Waals surface area contributed by atoms with Gasteiger partial charge < -0.3 is 14.5 Å². The van der Waals surface area contributed by atoms with E-state index in [0.717, 1.165) is 57.7 Å². The number of hydrogen-bond donors (Lipinski definition) is 0. The molecule has 1 atom stereocenters. The van der Waals surface area contributed by atoms with E-state index in [-0.39, 0.29) is 11.9 Å². The van der Waals surface area contributed by atoms with Gasteiger partial charge in [-0.15, -0.1) is 0 Å². The Morgan fingerprint density at radius 2 is 1.97 bits per heavy atom. The van der Waals surface area contributed by atoms with Crippen molar-refractivity contribution < 1.29 is 14.3 Å². The van der Waals surface area contributed by atoms with E-state index in [9.17, 15) is 14.9 Å². The summed E-state index contributed by atoms with van der Waals surface area (Å²) in [6, 6.07) is 7.13. The van der Waals surface area contributed by atoms with Gasteiger partial charge in [0, 0.05) is 32.8 Å². The van der Waals surface area contributed by atoms with E-state index in [1.165, 1.54) is 4.90 Å². The number of amides is 3. The second kappa shape index (κ2) is 8.97. The number of nitriles is 1. The lowest BCUT2D eigenvalue weighted by Gasteiger charge is -2.34. The van der Waals surface area contributed by atoms with Gasteiger partial charge in [0.1, 0.15) is 5.54 Å². The molecule has 0 N–H and O–H groups in total. The molecule has 0 unspecified atom stereocenters. The zero-order valence-electron chi connectivity index (χ0n) is 18.6. The zero-order valence-corrected chi connectivity index (χ0v) is 18.6. The van der Waals surface area contributed by atoms with Crippen LogP contribution in [0.15, 0.2) is 18.2 Å². The van der Waals surface area contributed by atoms with Crippen LogP contribution in [-0.2, 0) is 9.53 Å². The van der Waals surface area contributed by atoms with Gasteiger partial charge in [-0.25, -0.2) is 9.69 Å². The fourth-order valence-corrected chi connectivity index (χ4v) is 5.38. The average molecular weight is 425 g/mol. The third-order valence-electron chi connectivity index (χ3n) is 7.22. The van der Waals surface area contributed by atoms with Crippen molar-refractivity contribution in [2.45, 2.75) is 51.5 Å². The summed E-state index contributed by atoms with van der Waals surface area (Å²) in [6.07, 6.45) is 4.43. The van der Waals surface area contributed by atoms with Gasteiger partial charge >= 0.3 is 6.03 Å². The SMILES string of the molecule is CCN1C(=O)N(c2ccc(C)c(C#N)c2)C(=O)[C@]12CCCN(CC1CCOCC1)CC2. The maximum absolute atomic E-state index is 13.7. The van der Waals surface area contributed by atoms with Gasteiger partial charge in [0.2, 0.25) is 0 Å². The van der Waals surface area contributed by atoms with E-state index in [1.807, 2.05) is 13.8 Å². The van der Waals surface area contributed by atoms with Gasteiger partial charge in [-0.3, -0.25) is 4.79 Å². The summed E-state index contributed by atoms with van der Waals surface area (Å²) >= 11 is 0. The van der Waals surface area contributed by atoms with Gasteiger partial charge in [0.25, 0.3) is 5.91 Å². The van der Waals surface area contributed by atoms with Gasteiger partial charge in [0.05, 0.1) is 17.3 Å². The molecule has 166 valence electrons. The van der Waals surface area contributed by atoms with Crippen molar-refractivity contribution >= 4 is 17.6 Å². The lowest BCUT2D eigenvalue weighted by atomic mass is 9.88. The number of imide groups is 1. The predicted octanol–water partition coefficient (Wildman–Crippen LogP) is 3.31. The fourth-order valence-electron chi connectivity index (χ4n) is 5.38. The summed E-state index contributed by atoms with van der Waals surface area (Å²) < 4.78 is 5.49. The van der Waals surface area contributed by atoms with E-state index < -0.39 is 5.54 Å². The molecule has 3 amide bonds. The molecule has 3 saturated heterocycles. The van der Waals surface area contributed by atoms with E-state index in [4.69, 9.17) is 4.74 Å². The second-order valence-electron chi connectivity index (χ2n) is 9.02. The lowest BCUT2D eigenvalue weighted by Crippen LogP contribution is -2.50. The third-order valence-corrected chi connectivity index (χ3v) is 7.22. The molecule has 3 aliphatic rings. The Morgan fingerprint density at radius 1 is 1.19 bits per heavy atom. The van der Waals surface area contributed by atoms with Crippen LogP contribution in [0.5, 0.6) is 0 Å². The molecular weight excluding hydrogens is 392 g/mol. The highest BCUT2D eigenvalue weighted by molar-refractivity contribution is 6.23. The van der Waals surface area contributed by atoms with Gasteiger partial charge in [-0.1, -0.05) is 6.07 Å². The van der Waals surface area contributed by atoms with Crippen molar-refractivity contribution in [3.8, 4) is 6.07 Å². The Kier molecular flexibility index (Phi) is 6.31. The van der Waals surface area contributed by atoms with Crippen molar-refractivity contribution in [3.05, 3.63) is 29.3 Å². The van der Waals surface area contributed by atoms with Crippen LogP contribution in [0.1, 0.15) is 50.2 Å². The highest BCUT2D eigenvalue weighted by Crippen LogP contribution is 2.40. The Hall–Kier alpha value is -2.43. The van der Waals surface area contributed by atoms with Crippen LogP contribution in [0.4, 0.5) is 10.5 Å². The number of ether oxygens (including phenoxy) is 1. The van der Waals surface area contributed by atoms with Crippen molar-refractivity contribution in [2.75, 3.05) is 44.3 Å². The number of hydrogen-bond acceptors (Lipinski definition) is 5. The van der Waals surface area contributed by atoms with E-state index in [1.54, 1.807) is 23.1 Å². The number of carbonyl (C=O) groups is 2. The molecule has 1 spiro atoms. The number of anilines is 1. The summed E-state index contributed by atoms with van der Waals surface area (Å²) in [7, 11) is 0. The number of benzene rings is 1. The molecule has 0 aliphatic carbocycles. The van der Waals surface area contributed by atoms with Crippen LogP contribution in [0.25, 0.3) is 0 Å². The Morgan fingerprint density at radius 3 is 2.68 bits per heavy atom. The van der Waals surface area contributed by atoms with Crippen molar-refractivity contribution in [1.82, 2.24) is 9.80 Å². The molecule has 7 heteroatoms. The number of carbonyl (C=O) groups excluding carboxylic acids is 2. The topological polar surface area (TPSA) is 76.9 Å². The summed E-state index contributed by atoms with van der Waals surface area (Å²) in [5.74, 6) is 0.513. The van der Waals surface area contributed by atoms with Crippen LogP contribution < -0.4 is 4.90 Å². The molecule has 7 nitrogen and oxygen atoms in total. The summed E-state index contributed by atoms with van der Waals surface area (Å²) in [6.45, 7) is 8.80. The fraction of sp³-hybridized carbons (Fsp3) is 0.625. The van der Waals surface area contributed by atoms with Gasteiger partial charge in [-0.2, -0.15) is 5.26 Å². The normalized spacial score (nSPS) is 25.8. The minimum Gasteiger partial charge on any atom is -0.381 e. The molecule has 0 aromatic heterocycles. The number of aryl methyl sites for hydroxylation is 1. The molecule has 4 rings (SSSR count). The Labute approximate surface area is 184 Å². The van der Waals surface area contributed by atoms with Crippen LogP contribution in [0, 0.1) is 24.2 Å². The molecule has 0 radical (unpaired) electrons. The van der Waals surface area contributed by atoms with Crippen LogP contribution in [0.3, 0.4) is 0 Å². The Bertz CT molecular complexity index is 889. The van der Waals surface area contributed by atoms with E-state index >= 15 is 0 Å². The first-order valence-electron chi connectivity index (χ1n) is 11.5. The molecule has 0 bridgehead atoms. The van der Waals surface area contributed by atoms with Gasteiger partial charge in [0.15, 0.2) is 0 Å². The van der Waals surface area contributed by atoms with Crippen molar-refractivity contribution in [2.24, 2.45) is 5.92 Å². The number of likely N-dealkylation sites (tertiary alicyclic amines) is 1. The molecule has 3 fully saturated rings. The highest BCUT2D eigenvalue weighted by atomic mass is 16.5. The minimum absolute atomic E-state index is 0.139. The number of urea groups is 1. The average Bonchev–Trinajstić information content (AvgIpc) is 2.90. The van der Waals surface area contributed by atoms with Crippen LogP contribution in [0.2, 0.25) is 0 Å². The Balaban J connectivity index is 1.56. The molecule has 31 heavy (non-hydrogen) atoms. The quantitative estimate of drug-likeness (QED) is 0.693. The van der Waals surface area contributed by atoms with Crippen LogP contribution in [-0.4, -0.2) is 66.7 Å². The van der Waals surface area contributed by atoms with Gasteiger partial charge in [-0.05, 0) is 76.1 Å². The zero-order chi connectivity index (χ0) is 22.0. The third kappa shape index (κ3) is 3.95. The van der Waals surface area contributed by atoms with Crippen molar-refractivity contribution in [1.29, 1.82) is 5.26 Å². The maximum Gasteiger partial charge on any atom is 0.332 e. The first-order chi connectivity index (χ1) is 15.0. The van der Waals surface area contributed by atoms with E-state index in [0.29, 0.717) is 36.6 Å². The first-order valence-corrected chi connectivity index (χ1v) is 11.5. The molecule has 3 aliphatic heterocycles. The second-order valence-corrected chi connectivity index (χ2v) is 9.02. The molecule has 3 heterocycles. The predicted molar refractivity (Wildman–Crippen MR) is 118 cm³/mol. The first kappa shape index (κ1) is 21.8. The number of nitrogens with zero attached hydrogens (tertiary/aromatic N) is 4. The molecule has 1 aromatic carbocycles. The summed E-state index contributed by atoms with van der Waals surface area (Å²) in [5, 5.41) is 9.40. The highest BCUT2D eigenvalue weighted by Gasteiger charge is 2.57. The maximum atomic E-state index is 13.7. The monoisotopic (exact) mass is 424 g/mol. The molecule has 1 aromatic rings. The van der Waals surface area contributed by atoms with E-state index in [2.05, 4.69) is 11.0 Å². The standard InChI is InChI=1S/C24H32N4O3/c1-3-27-23(30)28(21-6-5-18(2)20(15-21)16-25)22(29)24(27)9-4-11-26(12-10-24)17-19-7-13-31-14-8-19/h5-6,15,19H,3-4,7-14,17H2,1-2H3/t24-/m1/s1. The van der Waals surface area contributed by atoms with Crippen molar-refractivity contribution in [3.63, 3.8) is 0 Å². The largest absolute Gasteiger partial charge is 0.381 e. The van der Waals surface area contributed by atoms with Crippen LogP contribution >= 0.6 is 0 Å². The molecular formula is C24H32N4O3. The lowest BCUT2D eigenvalue weighted by molar-refractivity contribution is -0.125. The smallest absolute Gasteiger partial charge is 0.332 e. The molecule has 0 saturated carbocycles. The summed E-state index contributed by atoms with van der Waals surface area (Å²) in [4.78, 5) is 32.6. The minimum atomic E-state index is -0.784. The number of likely N-dealkylation sites (N-methyl/N-ethyl adjacent to an activating group) is 1. The summed E-state index contributed by atoms with van der Waals surface area (Å²) in [5.41, 5.74) is 1.04.